The second-order valence-corrected chi connectivity index (χ2v) is 9.67. The number of carbonyl (C=O) groups excluding carboxylic acids is 1. The number of hydrogen-bond donors (Lipinski definition) is 1. The number of benzene rings is 2. The molecule has 5 nitrogen and oxygen atoms in total. The third-order valence-electron chi connectivity index (χ3n) is 3.45. The van der Waals surface area contributed by atoms with Gasteiger partial charge in [-0.15, -0.1) is 11.8 Å². The van der Waals surface area contributed by atoms with Gasteiger partial charge in [0.1, 0.15) is 0 Å². The Morgan fingerprint density at radius 2 is 1.80 bits per heavy atom. The van der Waals surface area contributed by atoms with Crippen LogP contribution < -0.4 is 5.32 Å². The van der Waals surface area contributed by atoms with Gasteiger partial charge in [-0.3, -0.25) is 4.79 Å². The highest BCUT2D eigenvalue weighted by molar-refractivity contribution is 9.10. The number of nitrogens with zero attached hydrogens (tertiary/aromatic N) is 1. The maximum absolute atomic E-state index is 12.2. The molecule has 2 aromatic carbocycles. The van der Waals surface area contributed by atoms with Crippen LogP contribution in [0.4, 0.5) is 5.69 Å². The van der Waals surface area contributed by atoms with E-state index in [1.165, 1.54) is 38.0 Å². The maximum Gasteiger partial charge on any atom is 0.242 e. The molecule has 0 radical (unpaired) electrons. The monoisotopic (exact) mass is 442 g/mol. The third kappa shape index (κ3) is 5.31. The molecule has 0 aliphatic carbocycles. The molecule has 25 heavy (non-hydrogen) atoms. The number of rotatable bonds is 6. The lowest BCUT2D eigenvalue weighted by Crippen LogP contribution is -2.22. The summed E-state index contributed by atoms with van der Waals surface area (Å²) in [6.07, 6.45) is 0. The van der Waals surface area contributed by atoms with Crippen LogP contribution in [0.2, 0.25) is 0 Å². The molecule has 0 aromatic heterocycles. The van der Waals surface area contributed by atoms with Crippen LogP contribution in [0.1, 0.15) is 5.56 Å². The van der Waals surface area contributed by atoms with Crippen molar-refractivity contribution in [3.05, 3.63) is 52.5 Å². The zero-order chi connectivity index (χ0) is 18.6. The quantitative estimate of drug-likeness (QED) is 0.691. The van der Waals surface area contributed by atoms with Gasteiger partial charge >= 0.3 is 0 Å². The summed E-state index contributed by atoms with van der Waals surface area (Å²) in [5.41, 5.74) is 1.31. The summed E-state index contributed by atoms with van der Waals surface area (Å²) in [4.78, 5) is 13.3. The minimum atomic E-state index is -3.54. The zero-order valence-electron chi connectivity index (χ0n) is 14.1. The van der Waals surface area contributed by atoms with Crippen LogP contribution in [0.25, 0.3) is 0 Å². The standard InChI is InChI=1S/C17H19BrN2O3S2/c1-12-4-9-15(25(22,23)20(2)3)10-16(12)19-17(21)11-24-14-7-5-13(18)6-8-14/h4-10H,11H2,1-3H3,(H,19,21). The number of anilines is 1. The predicted octanol–water partition coefficient (Wildman–Crippen LogP) is 3.74. The van der Waals surface area contributed by atoms with Crippen molar-refractivity contribution in [2.24, 2.45) is 0 Å². The Balaban J connectivity index is 2.08. The van der Waals surface area contributed by atoms with E-state index in [2.05, 4.69) is 21.2 Å². The molecule has 0 atom stereocenters. The fraction of sp³-hybridized carbons (Fsp3) is 0.235. The fourth-order valence-electron chi connectivity index (χ4n) is 1.97. The molecular weight excluding hydrogens is 424 g/mol. The second kappa shape index (κ2) is 8.35. The molecule has 2 aromatic rings. The van der Waals surface area contributed by atoms with E-state index in [0.29, 0.717) is 5.69 Å². The smallest absolute Gasteiger partial charge is 0.242 e. The molecule has 0 heterocycles. The van der Waals surface area contributed by atoms with E-state index in [0.717, 1.165) is 19.2 Å². The van der Waals surface area contributed by atoms with Gasteiger partial charge in [-0.2, -0.15) is 0 Å². The normalized spacial score (nSPS) is 11.6. The van der Waals surface area contributed by atoms with Crippen molar-refractivity contribution < 1.29 is 13.2 Å². The van der Waals surface area contributed by atoms with Gasteiger partial charge in [0.25, 0.3) is 0 Å². The van der Waals surface area contributed by atoms with E-state index in [1.807, 2.05) is 31.2 Å². The van der Waals surface area contributed by atoms with Gasteiger partial charge in [-0.1, -0.05) is 22.0 Å². The van der Waals surface area contributed by atoms with Crippen molar-refractivity contribution in [1.29, 1.82) is 0 Å². The molecule has 0 bridgehead atoms. The molecule has 1 amide bonds. The Kier molecular flexibility index (Phi) is 6.67. The molecule has 0 spiro atoms. The van der Waals surface area contributed by atoms with E-state index >= 15 is 0 Å². The number of amides is 1. The SMILES string of the molecule is Cc1ccc(S(=O)(=O)N(C)C)cc1NC(=O)CSc1ccc(Br)cc1. The van der Waals surface area contributed by atoms with Crippen molar-refractivity contribution in [3.8, 4) is 0 Å². The highest BCUT2D eigenvalue weighted by Gasteiger charge is 2.18. The Morgan fingerprint density at radius 1 is 1.16 bits per heavy atom. The number of carbonyl (C=O) groups is 1. The average molecular weight is 443 g/mol. The van der Waals surface area contributed by atoms with Gasteiger partial charge < -0.3 is 5.32 Å². The van der Waals surface area contributed by atoms with E-state index in [-0.39, 0.29) is 16.6 Å². The van der Waals surface area contributed by atoms with Gasteiger partial charge in [-0.05, 0) is 48.9 Å². The molecular formula is C17H19BrN2O3S2. The minimum absolute atomic E-state index is 0.152. The van der Waals surface area contributed by atoms with Crippen molar-refractivity contribution in [2.45, 2.75) is 16.7 Å². The number of nitrogens with one attached hydrogen (secondary N) is 1. The van der Waals surface area contributed by atoms with Gasteiger partial charge in [0, 0.05) is 29.2 Å². The maximum atomic E-state index is 12.2. The van der Waals surface area contributed by atoms with Crippen LogP contribution >= 0.6 is 27.7 Å². The largest absolute Gasteiger partial charge is 0.325 e. The van der Waals surface area contributed by atoms with Crippen LogP contribution in [0.15, 0.2) is 56.7 Å². The van der Waals surface area contributed by atoms with Crippen molar-refractivity contribution in [2.75, 3.05) is 25.2 Å². The Labute approximate surface area is 161 Å². The minimum Gasteiger partial charge on any atom is -0.325 e. The predicted molar refractivity (Wildman–Crippen MR) is 106 cm³/mol. The number of thioether (sulfide) groups is 1. The average Bonchev–Trinajstić information content (AvgIpc) is 2.56. The first kappa shape index (κ1) is 20.0. The van der Waals surface area contributed by atoms with Crippen LogP contribution in [0.3, 0.4) is 0 Å². The summed E-state index contributed by atoms with van der Waals surface area (Å²) >= 11 is 4.79. The molecule has 0 saturated heterocycles. The third-order valence-corrected chi connectivity index (χ3v) is 6.80. The molecule has 2 rings (SSSR count). The lowest BCUT2D eigenvalue weighted by atomic mass is 10.2. The highest BCUT2D eigenvalue weighted by Crippen LogP contribution is 2.24. The van der Waals surface area contributed by atoms with Crippen molar-refractivity contribution in [3.63, 3.8) is 0 Å². The molecule has 134 valence electrons. The lowest BCUT2D eigenvalue weighted by Gasteiger charge is -2.14. The molecule has 0 saturated carbocycles. The van der Waals surface area contributed by atoms with E-state index in [9.17, 15) is 13.2 Å². The number of halogens is 1. The van der Waals surface area contributed by atoms with Gasteiger partial charge in [0.05, 0.1) is 10.6 Å². The van der Waals surface area contributed by atoms with Crippen molar-refractivity contribution >= 4 is 49.3 Å². The summed E-state index contributed by atoms with van der Waals surface area (Å²) in [6.45, 7) is 1.82. The molecule has 0 aliphatic rings. The highest BCUT2D eigenvalue weighted by atomic mass is 79.9. The number of hydrogen-bond acceptors (Lipinski definition) is 4. The lowest BCUT2D eigenvalue weighted by molar-refractivity contribution is -0.113. The summed E-state index contributed by atoms with van der Waals surface area (Å²) in [5.74, 6) is 0.0570. The van der Waals surface area contributed by atoms with Gasteiger partial charge in [-0.25, -0.2) is 12.7 Å². The van der Waals surface area contributed by atoms with Gasteiger partial charge in [0.15, 0.2) is 0 Å². The first-order valence-corrected chi connectivity index (χ1v) is 10.6. The number of aryl methyl sites for hydroxylation is 1. The van der Waals surface area contributed by atoms with E-state index < -0.39 is 10.0 Å². The van der Waals surface area contributed by atoms with Crippen molar-refractivity contribution in [1.82, 2.24) is 4.31 Å². The van der Waals surface area contributed by atoms with Crippen LogP contribution in [-0.2, 0) is 14.8 Å². The van der Waals surface area contributed by atoms with Crippen LogP contribution in [0.5, 0.6) is 0 Å². The topological polar surface area (TPSA) is 66.5 Å². The second-order valence-electron chi connectivity index (χ2n) is 5.55. The first-order valence-electron chi connectivity index (χ1n) is 7.41. The summed E-state index contributed by atoms with van der Waals surface area (Å²) < 4.78 is 26.6. The van der Waals surface area contributed by atoms with Crippen LogP contribution in [-0.4, -0.2) is 38.5 Å². The van der Waals surface area contributed by atoms with Crippen LogP contribution in [0, 0.1) is 6.92 Å². The molecule has 8 heteroatoms. The zero-order valence-corrected chi connectivity index (χ0v) is 17.3. The summed E-state index contributed by atoms with van der Waals surface area (Å²) in [6, 6.07) is 12.4. The molecule has 0 aliphatic heterocycles. The van der Waals surface area contributed by atoms with E-state index in [4.69, 9.17) is 0 Å². The molecule has 1 N–H and O–H groups in total. The first-order chi connectivity index (χ1) is 11.7. The Hall–Kier alpha value is -1.35. The Morgan fingerprint density at radius 3 is 2.40 bits per heavy atom. The molecule has 0 unspecified atom stereocenters. The summed E-state index contributed by atoms with van der Waals surface area (Å²) in [5, 5.41) is 2.79. The Bertz CT molecular complexity index is 866. The fourth-order valence-corrected chi connectivity index (χ4v) is 3.86. The van der Waals surface area contributed by atoms with E-state index in [1.54, 1.807) is 6.07 Å². The number of sulfonamides is 1. The molecule has 0 fully saturated rings. The summed E-state index contributed by atoms with van der Waals surface area (Å²) in [7, 11) is -0.590. The van der Waals surface area contributed by atoms with Gasteiger partial charge in [0.2, 0.25) is 15.9 Å².